The lowest BCUT2D eigenvalue weighted by Gasteiger charge is -2.29. The lowest BCUT2D eigenvalue weighted by molar-refractivity contribution is -0.384. The van der Waals surface area contributed by atoms with Crippen LogP contribution in [-0.4, -0.2) is 43.6 Å². The average molecular weight is 419 g/mol. The number of amides is 1. The van der Waals surface area contributed by atoms with Crippen molar-refractivity contribution in [2.75, 3.05) is 43.0 Å². The highest BCUT2D eigenvalue weighted by molar-refractivity contribution is 6.32. The molecule has 0 aliphatic carbocycles. The molecule has 2 aromatic rings. The van der Waals surface area contributed by atoms with Gasteiger partial charge in [-0.15, -0.1) is 0 Å². The Labute approximate surface area is 173 Å². The Morgan fingerprint density at radius 1 is 1.28 bits per heavy atom. The number of ether oxygens (including phenoxy) is 1. The van der Waals surface area contributed by atoms with Crippen molar-refractivity contribution in [3.8, 4) is 5.75 Å². The monoisotopic (exact) mass is 418 g/mol. The molecule has 1 amide bonds. The number of rotatable bonds is 6. The van der Waals surface area contributed by atoms with Crippen molar-refractivity contribution >= 4 is 34.6 Å². The van der Waals surface area contributed by atoms with Crippen LogP contribution in [0.25, 0.3) is 0 Å². The van der Waals surface area contributed by atoms with E-state index in [1.54, 1.807) is 18.2 Å². The van der Waals surface area contributed by atoms with E-state index in [4.69, 9.17) is 16.3 Å². The number of hydrogen-bond donors (Lipinski definition) is 2. The number of carbonyl (C=O) groups is 1. The first-order chi connectivity index (χ1) is 13.8. The van der Waals surface area contributed by atoms with E-state index in [0.717, 1.165) is 24.2 Å². The summed E-state index contributed by atoms with van der Waals surface area (Å²) in [7, 11) is 0. The van der Waals surface area contributed by atoms with Crippen molar-refractivity contribution in [2.24, 2.45) is 0 Å². The van der Waals surface area contributed by atoms with E-state index in [2.05, 4.69) is 10.6 Å². The van der Waals surface area contributed by atoms with Crippen molar-refractivity contribution in [3.05, 3.63) is 56.6 Å². The number of hydrogen-bond acceptors (Lipinski definition) is 6. The minimum Gasteiger partial charge on any atom is -0.482 e. The van der Waals surface area contributed by atoms with E-state index < -0.39 is 10.8 Å². The topological polar surface area (TPSA) is 96.7 Å². The van der Waals surface area contributed by atoms with Gasteiger partial charge in [-0.2, -0.15) is 0 Å². The van der Waals surface area contributed by atoms with E-state index in [1.165, 1.54) is 6.07 Å². The molecule has 8 nitrogen and oxygen atoms in total. The summed E-state index contributed by atoms with van der Waals surface area (Å²) in [4.78, 5) is 25.3. The second-order valence-corrected chi connectivity index (χ2v) is 7.33. The zero-order valence-corrected chi connectivity index (χ0v) is 17.1. The molecule has 0 aromatic heterocycles. The normalized spacial score (nSPS) is 13.8. The molecule has 3 rings (SSSR count). The molecule has 9 heteroatoms. The Morgan fingerprint density at radius 3 is 2.66 bits per heavy atom. The SMILES string of the molecule is Cc1cc(C)c(OCC(=O)Nc2ccc(N3CCNCC3)c([N+](=O)[O-])c2)c(Cl)c1. The summed E-state index contributed by atoms with van der Waals surface area (Å²) in [5.41, 5.74) is 2.69. The van der Waals surface area contributed by atoms with Crippen LogP contribution >= 0.6 is 11.6 Å². The third kappa shape index (κ3) is 5.16. The molecule has 0 spiro atoms. The number of nitrogens with zero attached hydrogens (tertiary/aromatic N) is 2. The number of piperazine rings is 1. The smallest absolute Gasteiger partial charge is 0.294 e. The number of anilines is 2. The highest BCUT2D eigenvalue weighted by Gasteiger charge is 2.22. The first kappa shape index (κ1) is 20.9. The van der Waals surface area contributed by atoms with Crippen LogP contribution < -0.4 is 20.3 Å². The van der Waals surface area contributed by atoms with Gasteiger partial charge >= 0.3 is 0 Å². The minimum atomic E-state index is -0.432. The molecule has 0 bridgehead atoms. The number of benzene rings is 2. The van der Waals surface area contributed by atoms with Crippen LogP contribution in [0.5, 0.6) is 5.75 Å². The van der Waals surface area contributed by atoms with E-state index in [1.807, 2.05) is 24.8 Å². The summed E-state index contributed by atoms with van der Waals surface area (Å²) in [6, 6.07) is 8.38. The highest BCUT2D eigenvalue weighted by atomic mass is 35.5. The second-order valence-electron chi connectivity index (χ2n) is 6.93. The standard InChI is InChI=1S/C20H23ClN4O4/c1-13-9-14(2)20(16(21)10-13)29-12-19(26)23-15-3-4-17(18(11-15)25(27)28)24-7-5-22-6-8-24/h3-4,9-11,22H,5-8,12H2,1-2H3,(H,23,26). The van der Waals surface area contributed by atoms with E-state index in [0.29, 0.717) is 35.2 Å². The molecule has 2 N–H and O–H groups in total. The molecule has 1 aliphatic rings. The van der Waals surface area contributed by atoms with Crippen molar-refractivity contribution in [2.45, 2.75) is 13.8 Å². The van der Waals surface area contributed by atoms with Gasteiger partial charge in [0.1, 0.15) is 11.4 Å². The van der Waals surface area contributed by atoms with Gasteiger partial charge in [0.05, 0.1) is 9.95 Å². The zero-order chi connectivity index (χ0) is 21.0. The maximum atomic E-state index is 12.3. The molecule has 1 aliphatic heterocycles. The lowest BCUT2D eigenvalue weighted by atomic mass is 10.1. The molecule has 0 unspecified atom stereocenters. The quantitative estimate of drug-likeness (QED) is 0.552. The highest BCUT2D eigenvalue weighted by Crippen LogP contribution is 2.32. The van der Waals surface area contributed by atoms with Crippen LogP contribution in [0, 0.1) is 24.0 Å². The van der Waals surface area contributed by atoms with Crippen molar-refractivity contribution < 1.29 is 14.5 Å². The van der Waals surface area contributed by atoms with E-state index in [-0.39, 0.29) is 12.3 Å². The molecule has 0 saturated carbocycles. The molecule has 0 atom stereocenters. The van der Waals surface area contributed by atoms with E-state index in [9.17, 15) is 14.9 Å². The average Bonchev–Trinajstić information content (AvgIpc) is 2.67. The van der Waals surface area contributed by atoms with Crippen LogP contribution in [0.15, 0.2) is 30.3 Å². The van der Waals surface area contributed by atoms with Gasteiger partial charge in [0.15, 0.2) is 6.61 Å². The Kier molecular flexibility index (Phi) is 6.56. The number of carbonyl (C=O) groups excluding carboxylic acids is 1. The maximum absolute atomic E-state index is 12.3. The predicted molar refractivity (Wildman–Crippen MR) is 113 cm³/mol. The Bertz CT molecular complexity index is 906. The number of halogens is 1. The summed E-state index contributed by atoms with van der Waals surface area (Å²) in [5.74, 6) is 0.0257. The van der Waals surface area contributed by atoms with Gasteiger partial charge in [-0.25, -0.2) is 0 Å². The number of nitro groups is 1. The van der Waals surface area contributed by atoms with Gasteiger partial charge in [0, 0.05) is 37.9 Å². The van der Waals surface area contributed by atoms with Crippen LogP contribution in [-0.2, 0) is 4.79 Å². The maximum Gasteiger partial charge on any atom is 0.294 e. The third-order valence-electron chi connectivity index (χ3n) is 4.63. The van der Waals surface area contributed by atoms with Crippen LogP contribution in [0.1, 0.15) is 11.1 Å². The number of aryl methyl sites for hydroxylation is 2. The summed E-state index contributed by atoms with van der Waals surface area (Å²) in [6.07, 6.45) is 0. The van der Waals surface area contributed by atoms with Gasteiger partial charge in [0.2, 0.25) is 0 Å². The van der Waals surface area contributed by atoms with Gasteiger partial charge < -0.3 is 20.3 Å². The fourth-order valence-electron chi connectivity index (χ4n) is 3.34. The summed E-state index contributed by atoms with van der Waals surface area (Å²) in [5, 5.41) is 17.8. The summed E-state index contributed by atoms with van der Waals surface area (Å²) < 4.78 is 5.56. The van der Waals surface area contributed by atoms with Crippen LogP contribution in [0.4, 0.5) is 17.1 Å². The second kappa shape index (κ2) is 9.11. The molecular weight excluding hydrogens is 396 g/mol. The molecule has 1 fully saturated rings. The number of nitrogens with one attached hydrogen (secondary N) is 2. The first-order valence-electron chi connectivity index (χ1n) is 9.28. The Hall–Kier alpha value is -2.84. The van der Waals surface area contributed by atoms with Crippen molar-refractivity contribution in [1.29, 1.82) is 0 Å². The molecule has 29 heavy (non-hydrogen) atoms. The van der Waals surface area contributed by atoms with Gasteiger partial charge in [0.25, 0.3) is 11.6 Å². The molecule has 1 saturated heterocycles. The minimum absolute atomic E-state index is 0.0389. The largest absolute Gasteiger partial charge is 0.482 e. The summed E-state index contributed by atoms with van der Waals surface area (Å²) in [6.45, 7) is 6.45. The summed E-state index contributed by atoms with van der Waals surface area (Å²) >= 11 is 6.18. The molecule has 0 radical (unpaired) electrons. The Balaban J connectivity index is 1.69. The molecular formula is C20H23ClN4O4. The van der Waals surface area contributed by atoms with Crippen molar-refractivity contribution in [1.82, 2.24) is 5.32 Å². The Morgan fingerprint density at radius 2 is 2.00 bits per heavy atom. The molecule has 154 valence electrons. The van der Waals surface area contributed by atoms with Crippen LogP contribution in [0.2, 0.25) is 5.02 Å². The predicted octanol–water partition coefficient (Wildman–Crippen LogP) is 3.29. The third-order valence-corrected chi connectivity index (χ3v) is 4.92. The molecule has 2 aromatic carbocycles. The number of nitro benzene ring substituents is 1. The van der Waals surface area contributed by atoms with Crippen molar-refractivity contribution in [3.63, 3.8) is 0 Å². The molecule has 1 heterocycles. The fraction of sp³-hybridized carbons (Fsp3) is 0.350. The van der Waals surface area contributed by atoms with Gasteiger partial charge in [-0.3, -0.25) is 14.9 Å². The zero-order valence-electron chi connectivity index (χ0n) is 16.3. The first-order valence-corrected chi connectivity index (χ1v) is 9.66. The van der Waals surface area contributed by atoms with Crippen LogP contribution in [0.3, 0.4) is 0 Å². The fourth-order valence-corrected chi connectivity index (χ4v) is 3.72. The van der Waals surface area contributed by atoms with E-state index >= 15 is 0 Å². The van der Waals surface area contributed by atoms with Gasteiger partial charge in [-0.05, 0) is 43.2 Å². The lowest BCUT2D eigenvalue weighted by Crippen LogP contribution is -2.43. The van der Waals surface area contributed by atoms with Gasteiger partial charge in [-0.1, -0.05) is 17.7 Å².